The van der Waals surface area contributed by atoms with Gasteiger partial charge in [0, 0.05) is 16.1 Å². The first-order valence-corrected chi connectivity index (χ1v) is 6.95. The van der Waals surface area contributed by atoms with Crippen molar-refractivity contribution in [2.24, 2.45) is 0 Å². The molecule has 0 fully saturated rings. The van der Waals surface area contributed by atoms with Crippen molar-refractivity contribution in [2.75, 3.05) is 0 Å². The first-order valence-electron chi connectivity index (χ1n) is 5.77. The molecule has 0 spiro atoms. The van der Waals surface area contributed by atoms with E-state index in [-0.39, 0.29) is 5.75 Å². The molecule has 2 nitrogen and oxygen atoms in total. The fourth-order valence-electron chi connectivity index (χ4n) is 1.71. The molecule has 0 bridgehead atoms. The number of phenolic OH excluding ortho intramolecular Hbond substituents is 1. The third kappa shape index (κ3) is 3.39. The van der Waals surface area contributed by atoms with Crippen molar-refractivity contribution in [2.45, 2.75) is 6.10 Å². The summed E-state index contributed by atoms with van der Waals surface area (Å²) < 4.78 is 14.1. The van der Waals surface area contributed by atoms with Gasteiger partial charge in [0.05, 0.1) is 4.47 Å². The van der Waals surface area contributed by atoms with Crippen LogP contribution in [0.2, 0.25) is 5.02 Å². The van der Waals surface area contributed by atoms with Crippen molar-refractivity contribution < 1.29 is 14.6 Å². The molecule has 0 saturated carbocycles. The van der Waals surface area contributed by atoms with Gasteiger partial charge in [-0.15, -0.1) is 0 Å². The lowest BCUT2D eigenvalue weighted by molar-refractivity contribution is 0.224. The number of benzene rings is 2. The second kappa shape index (κ2) is 6.39. The van der Waals surface area contributed by atoms with Gasteiger partial charge in [0.1, 0.15) is 17.7 Å². The Morgan fingerprint density at radius 1 is 1.25 bits per heavy atom. The Balaban J connectivity index is 2.24. The maximum atomic E-state index is 13.6. The van der Waals surface area contributed by atoms with E-state index < -0.39 is 11.9 Å². The monoisotopic (exact) mass is 356 g/mol. The Kier molecular flexibility index (Phi) is 4.81. The van der Waals surface area contributed by atoms with Crippen molar-refractivity contribution in [3.8, 4) is 5.75 Å². The van der Waals surface area contributed by atoms with Gasteiger partial charge < -0.3 is 10.2 Å². The number of aromatic hydroxyl groups is 1. The predicted molar refractivity (Wildman–Crippen MR) is 81.2 cm³/mol. The summed E-state index contributed by atoms with van der Waals surface area (Å²) in [7, 11) is 0. The van der Waals surface area contributed by atoms with E-state index in [4.69, 9.17) is 11.6 Å². The quantitative estimate of drug-likeness (QED) is 0.836. The van der Waals surface area contributed by atoms with Crippen LogP contribution in [0.25, 0.3) is 6.08 Å². The second-order valence-electron chi connectivity index (χ2n) is 4.15. The van der Waals surface area contributed by atoms with Gasteiger partial charge in [-0.2, -0.15) is 0 Å². The Labute approximate surface area is 129 Å². The van der Waals surface area contributed by atoms with E-state index in [0.29, 0.717) is 20.6 Å². The van der Waals surface area contributed by atoms with Crippen LogP contribution in [-0.4, -0.2) is 10.2 Å². The Hall–Kier alpha value is -1.36. The average Bonchev–Trinajstić information content (AvgIpc) is 2.40. The fraction of sp³-hybridized carbons (Fsp3) is 0.0667. The number of aliphatic hydroxyl groups is 1. The smallest absolute Gasteiger partial charge is 0.135 e. The zero-order valence-corrected chi connectivity index (χ0v) is 12.6. The van der Waals surface area contributed by atoms with Gasteiger partial charge in [-0.25, -0.2) is 4.39 Å². The minimum atomic E-state index is -1.04. The molecule has 2 aromatic carbocycles. The molecule has 0 aliphatic rings. The summed E-state index contributed by atoms with van der Waals surface area (Å²) in [6.07, 6.45) is 1.80. The number of hydrogen-bond donors (Lipinski definition) is 2. The van der Waals surface area contributed by atoms with Gasteiger partial charge in [0.2, 0.25) is 0 Å². The second-order valence-corrected chi connectivity index (χ2v) is 5.44. The third-order valence-corrected chi connectivity index (χ3v) is 3.63. The third-order valence-electron chi connectivity index (χ3n) is 2.76. The maximum Gasteiger partial charge on any atom is 0.135 e. The standard InChI is InChI=1S/C15H11BrClFO2/c16-12-3-1-2-11(15(12)20)14(19)7-5-9-4-6-10(17)8-13(9)18/h1-8,14,19-20H/b7-5+. The van der Waals surface area contributed by atoms with Gasteiger partial charge in [-0.1, -0.05) is 42.0 Å². The maximum absolute atomic E-state index is 13.6. The van der Waals surface area contributed by atoms with Crippen molar-refractivity contribution >= 4 is 33.6 Å². The molecule has 20 heavy (non-hydrogen) atoms. The van der Waals surface area contributed by atoms with Crippen LogP contribution < -0.4 is 0 Å². The van der Waals surface area contributed by atoms with Crippen molar-refractivity contribution in [1.29, 1.82) is 0 Å². The number of rotatable bonds is 3. The molecule has 1 atom stereocenters. The SMILES string of the molecule is Oc1c(Br)cccc1C(O)/C=C/c1ccc(Cl)cc1F. The fourth-order valence-corrected chi connectivity index (χ4v) is 2.25. The molecule has 0 amide bonds. The molecule has 0 aliphatic carbocycles. The molecule has 5 heteroatoms. The molecule has 0 heterocycles. The van der Waals surface area contributed by atoms with Gasteiger partial charge in [0.25, 0.3) is 0 Å². The topological polar surface area (TPSA) is 40.5 Å². The molecule has 2 aromatic rings. The molecule has 104 valence electrons. The van der Waals surface area contributed by atoms with E-state index in [1.807, 2.05) is 0 Å². The van der Waals surface area contributed by atoms with Gasteiger partial charge in [-0.05, 0) is 34.1 Å². The average molecular weight is 358 g/mol. The van der Waals surface area contributed by atoms with E-state index in [2.05, 4.69) is 15.9 Å². The van der Waals surface area contributed by atoms with Gasteiger partial charge in [-0.3, -0.25) is 0 Å². The molecular weight excluding hydrogens is 347 g/mol. The normalized spacial score (nSPS) is 12.8. The lowest BCUT2D eigenvalue weighted by Crippen LogP contribution is -1.94. The van der Waals surface area contributed by atoms with Gasteiger partial charge in [0.15, 0.2) is 0 Å². The summed E-state index contributed by atoms with van der Waals surface area (Å²) >= 11 is 8.83. The highest BCUT2D eigenvalue weighted by atomic mass is 79.9. The summed E-state index contributed by atoms with van der Waals surface area (Å²) in [5, 5.41) is 20.2. The lowest BCUT2D eigenvalue weighted by Gasteiger charge is -2.09. The number of para-hydroxylation sites is 1. The number of halogens is 3. The van der Waals surface area contributed by atoms with Crippen LogP contribution >= 0.6 is 27.5 Å². The predicted octanol–water partition coefficient (Wildman–Crippen LogP) is 4.69. The molecule has 2 rings (SSSR count). The van der Waals surface area contributed by atoms with E-state index >= 15 is 0 Å². The highest BCUT2D eigenvalue weighted by Crippen LogP contribution is 2.32. The summed E-state index contributed by atoms with van der Waals surface area (Å²) in [5.41, 5.74) is 0.646. The molecular formula is C15H11BrClFO2. The molecule has 1 unspecified atom stereocenters. The molecule has 0 aromatic heterocycles. The van der Waals surface area contributed by atoms with Crippen LogP contribution in [0, 0.1) is 5.82 Å². The Bertz CT molecular complexity index is 658. The van der Waals surface area contributed by atoms with Crippen LogP contribution in [-0.2, 0) is 0 Å². The van der Waals surface area contributed by atoms with Crippen molar-refractivity contribution in [1.82, 2.24) is 0 Å². The van der Waals surface area contributed by atoms with Crippen LogP contribution in [0.15, 0.2) is 46.9 Å². The van der Waals surface area contributed by atoms with Crippen molar-refractivity contribution in [3.05, 3.63) is 68.9 Å². The molecule has 0 aliphatic heterocycles. The van der Waals surface area contributed by atoms with Gasteiger partial charge >= 0.3 is 0 Å². The van der Waals surface area contributed by atoms with E-state index in [1.165, 1.54) is 24.3 Å². The van der Waals surface area contributed by atoms with Crippen LogP contribution in [0.4, 0.5) is 4.39 Å². The first-order chi connectivity index (χ1) is 9.49. The highest BCUT2D eigenvalue weighted by Gasteiger charge is 2.11. The van der Waals surface area contributed by atoms with E-state index in [1.54, 1.807) is 24.3 Å². The summed E-state index contributed by atoms with van der Waals surface area (Å²) in [6.45, 7) is 0. The van der Waals surface area contributed by atoms with Crippen LogP contribution in [0.3, 0.4) is 0 Å². The summed E-state index contributed by atoms with van der Waals surface area (Å²) in [6, 6.07) is 9.22. The zero-order chi connectivity index (χ0) is 14.7. The highest BCUT2D eigenvalue weighted by molar-refractivity contribution is 9.10. The molecule has 0 radical (unpaired) electrons. The summed E-state index contributed by atoms with van der Waals surface area (Å²) in [4.78, 5) is 0. The van der Waals surface area contributed by atoms with Crippen LogP contribution in [0.1, 0.15) is 17.2 Å². The number of aliphatic hydroxyl groups excluding tert-OH is 1. The Morgan fingerprint density at radius 2 is 2.00 bits per heavy atom. The summed E-state index contributed by atoms with van der Waals surface area (Å²) in [5.74, 6) is -0.513. The van der Waals surface area contributed by atoms with Crippen LogP contribution in [0.5, 0.6) is 5.75 Å². The minimum absolute atomic E-state index is 0.0405. The minimum Gasteiger partial charge on any atom is -0.506 e. The largest absolute Gasteiger partial charge is 0.506 e. The Morgan fingerprint density at radius 3 is 2.70 bits per heavy atom. The van der Waals surface area contributed by atoms with Crippen molar-refractivity contribution in [3.63, 3.8) is 0 Å². The lowest BCUT2D eigenvalue weighted by atomic mass is 10.1. The number of phenols is 1. The first kappa shape index (κ1) is 15.0. The molecule has 2 N–H and O–H groups in total. The van der Waals surface area contributed by atoms with E-state index in [9.17, 15) is 14.6 Å². The van der Waals surface area contributed by atoms with E-state index in [0.717, 1.165) is 0 Å². The zero-order valence-electron chi connectivity index (χ0n) is 10.2. The molecule has 0 saturated heterocycles. The number of hydrogen-bond acceptors (Lipinski definition) is 2.